The second kappa shape index (κ2) is 5.35. The van der Waals surface area contributed by atoms with Gasteiger partial charge in [-0.1, -0.05) is 25.7 Å². The largest absolute Gasteiger partial charge is 0.480 e. The summed E-state index contributed by atoms with van der Waals surface area (Å²) in [5, 5.41) is 15.7. The van der Waals surface area contributed by atoms with E-state index in [2.05, 4.69) is 10.6 Å². The lowest BCUT2D eigenvalue weighted by atomic mass is 9.85. The summed E-state index contributed by atoms with van der Waals surface area (Å²) in [6.45, 7) is 0. The third-order valence-corrected chi connectivity index (χ3v) is 5.41. The van der Waals surface area contributed by atoms with Gasteiger partial charge in [-0.3, -0.25) is 4.79 Å². The normalized spacial score (nSPS) is 35.5. The number of nitrogens with one attached hydrogen (secondary N) is 2. The molecule has 20 heavy (non-hydrogen) atoms. The van der Waals surface area contributed by atoms with Crippen molar-refractivity contribution in [3.05, 3.63) is 0 Å². The number of carboxylic acid groups (broad SMARTS) is 1. The average molecular weight is 280 g/mol. The molecule has 5 nitrogen and oxygen atoms in total. The number of hydrogen-bond acceptors (Lipinski definition) is 3. The van der Waals surface area contributed by atoms with Crippen molar-refractivity contribution in [2.24, 2.45) is 5.92 Å². The van der Waals surface area contributed by atoms with E-state index in [9.17, 15) is 14.7 Å². The summed E-state index contributed by atoms with van der Waals surface area (Å²) in [6.07, 6.45) is 8.61. The Morgan fingerprint density at radius 2 is 1.80 bits per heavy atom. The Morgan fingerprint density at radius 3 is 2.45 bits per heavy atom. The lowest BCUT2D eigenvalue weighted by Gasteiger charge is -2.27. The number of rotatable bonds is 3. The van der Waals surface area contributed by atoms with E-state index >= 15 is 0 Å². The Hall–Kier alpha value is -1.10. The van der Waals surface area contributed by atoms with Crippen molar-refractivity contribution >= 4 is 11.9 Å². The first kappa shape index (κ1) is 13.9. The molecule has 3 rings (SSSR count). The first-order valence-electron chi connectivity index (χ1n) is 7.92. The lowest BCUT2D eigenvalue weighted by molar-refractivity contribution is -0.147. The second-order valence-electron chi connectivity index (χ2n) is 6.69. The van der Waals surface area contributed by atoms with Gasteiger partial charge in [0, 0.05) is 6.04 Å². The molecule has 0 aromatic carbocycles. The number of amides is 1. The molecule has 1 heterocycles. The van der Waals surface area contributed by atoms with Gasteiger partial charge >= 0.3 is 5.97 Å². The maximum absolute atomic E-state index is 12.4. The fraction of sp³-hybridized carbons (Fsp3) is 0.867. The maximum Gasteiger partial charge on any atom is 0.329 e. The van der Waals surface area contributed by atoms with Crippen LogP contribution in [0.4, 0.5) is 0 Å². The van der Waals surface area contributed by atoms with Gasteiger partial charge in [0.1, 0.15) is 5.54 Å². The van der Waals surface area contributed by atoms with Crippen LogP contribution in [-0.4, -0.2) is 34.6 Å². The van der Waals surface area contributed by atoms with Gasteiger partial charge in [0.15, 0.2) is 0 Å². The zero-order valence-corrected chi connectivity index (χ0v) is 11.9. The van der Waals surface area contributed by atoms with Crippen molar-refractivity contribution in [2.45, 2.75) is 75.4 Å². The summed E-state index contributed by atoms with van der Waals surface area (Å²) in [7, 11) is 0. The molecule has 1 amide bonds. The van der Waals surface area contributed by atoms with Crippen LogP contribution in [0.15, 0.2) is 0 Å². The highest BCUT2D eigenvalue weighted by Gasteiger charge is 2.45. The molecule has 1 saturated heterocycles. The third-order valence-electron chi connectivity index (χ3n) is 5.41. The number of hydrogen-bond donors (Lipinski definition) is 3. The SMILES string of the molecule is O=C(NC1(C(=O)O)CCCC1)C1CC2CCCCC2N1. The van der Waals surface area contributed by atoms with Crippen LogP contribution < -0.4 is 10.6 Å². The molecule has 1 aliphatic heterocycles. The Kier molecular flexibility index (Phi) is 3.71. The van der Waals surface area contributed by atoms with E-state index in [0.29, 0.717) is 24.8 Å². The van der Waals surface area contributed by atoms with Gasteiger partial charge in [0.2, 0.25) is 5.91 Å². The molecule has 0 spiro atoms. The molecule has 0 aromatic rings. The van der Waals surface area contributed by atoms with Gasteiger partial charge in [-0.25, -0.2) is 4.79 Å². The van der Waals surface area contributed by atoms with E-state index in [1.807, 2.05) is 0 Å². The van der Waals surface area contributed by atoms with Gasteiger partial charge in [-0.15, -0.1) is 0 Å². The van der Waals surface area contributed by atoms with Gasteiger partial charge in [0.25, 0.3) is 0 Å². The second-order valence-corrected chi connectivity index (χ2v) is 6.69. The minimum atomic E-state index is -1.01. The number of carbonyl (C=O) groups excluding carboxylic acids is 1. The number of carbonyl (C=O) groups is 2. The van der Waals surface area contributed by atoms with Crippen LogP contribution in [0.2, 0.25) is 0 Å². The molecule has 2 aliphatic carbocycles. The molecule has 0 aromatic heterocycles. The smallest absolute Gasteiger partial charge is 0.329 e. The fourth-order valence-electron chi connectivity index (χ4n) is 4.21. The summed E-state index contributed by atoms with van der Waals surface area (Å²) in [6, 6.07) is 0.267. The molecular formula is C15H24N2O3. The Bertz CT molecular complexity index is 390. The molecule has 3 aliphatic rings. The van der Waals surface area contributed by atoms with E-state index < -0.39 is 11.5 Å². The van der Waals surface area contributed by atoms with Crippen molar-refractivity contribution < 1.29 is 14.7 Å². The maximum atomic E-state index is 12.4. The predicted molar refractivity (Wildman–Crippen MR) is 74.3 cm³/mol. The first-order valence-corrected chi connectivity index (χ1v) is 7.92. The molecule has 3 fully saturated rings. The molecule has 3 N–H and O–H groups in total. The van der Waals surface area contributed by atoms with E-state index in [1.54, 1.807) is 0 Å². The zero-order valence-electron chi connectivity index (χ0n) is 11.9. The lowest BCUT2D eigenvalue weighted by Crippen LogP contribution is -2.56. The van der Waals surface area contributed by atoms with Crippen LogP contribution in [0.5, 0.6) is 0 Å². The molecule has 3 unspecified atom stereocenters. The quantitative estimate of drug-likeness (QED) is 0.730. The average Bonchev–Trinajstić information content (AvgIpc) is 3.05. The van der Waals surface area contributed by atoms with Crippen molar-refractivity contribution in [3.8, 4) is 0 Å². The molecule has 112 valence electrons. The van der Waals surface area contributed by atoms with E-state index in [-0.39, 0.29) is 11.9 Å². The van der Waals surface area contributed by atoms with Crippen LogP contribution in [0.3, 0.4) is 0 Å². The highest BCUT2D eigenvalue weighted by Crippen LogP contribution is 2.34. The van der Waals surface area contributed by atoms with Crippen molar-refractivity contribution in [3.63, 3.8) is 0 Å². The van der Waals surface area contributed by atoms with Crippen molar-refractivity contribution in [1.29, 1.82) is 0 Å². The summed E-state index contributed by atoms with van der Waals surface area (Å²) >= 11 is 0. The molecule has 5 heteroatoms. The first-order chi connectivity index (χ1) is 9.61. The highest BCUT2D eigenvalue weighted by atomic mass is 16.4. The van der Waals surface area contributed by atoms with Crippen LogP contribution in [0.1, 0.15) is 57.8 Å². The minimum Gasteiger partial charge on any atom is -0.480 e. The fourth-order valence-corrected chi connectivity index (χ4v) is 4.21. The molecule has 3 atom stereocenters. The predicted octanol–water partition coefficient (Wildman–Crippen LogP) is 1.42. The Labute approximate surface area is 119 Å². The number of fused-ring (bicyclic) bond motifs is 1. The summed E-state index contributed by atoms with van der Waals surface area (Å²) in [4.78, 5) is 23.9. The van der Waals surface area contributed by atoms with Crippen LogP contribution >= 0.6 is 0 Å². The summed E-state index contributed by atoms with van der Waals surface area (Å²) in [5.41, 5.74) is -1.01. The molecule has 0 radical (unpaired) electrons. The van der Waals surface area contributed by atoms with E-state index in [4.69, 9.17) is 0 Å². The van der Waals surface area contributed by atoms with Gasteiger partial charge < -0.3 is 15.7 Å². The van der Waals surface area contributed by atoms with Gasteiger partial charge in [-0.2, -0.15) is 0 Å². The van der Waals surface area contributed by atoms with Gasteiger partial charge in [0.05, 0.1) is 6.04 Å². The van der Waals surface area contributed by atoms with Crippen LogP contribution in [-0.2, 0) is 9.59 Å². The molecular weight excluding hydrogens is 256 g/mol. The Morgan fingerprint density at radius 1 is 1.10 bits per heavy atom. The van der Waals surface area contributed by atoms with E-state index in [0.717, 1.165) is 25.7 Å². The zero-order chi connectivity index (χ0) is 14.2. The third kappa shape index (κ3) is 2.43. The van der Waals surface area contributed by atoms with E-state index in [1.165, 1.54) is 19.3 Å². The Balaban J connectivity index is 1.63. The van der Waals surface area contributed by atoms with Crippen molar-refractivity contribution in [2.75, 3.05) is 0 Å². The van der Waals surface area contributed by atoms with Crippen molar-refractivity contribution in [1.82, 2.24) is 10.6 Å². The van der Waals surface area contributed by atoms with Crippen LogP contribution in [0.25, 0.3) is 0 Å². The minimum absolute atomic E-state index is 0.108. The molecule has 2 saturated carbocycles. The summed E-state index contributed by atoms with van der Waals surface area (Å²) in [5.74, 6) is -0.383. The molecule has 0 bridgehead atoms. The monoisotopic (exact) mass is 280 g/mol. The number of carboxylic acids is 1. The van der Waals surface area contributed by atoms with Crippen LogP contribution in [0, 0.1) is 5.92 Å². The number of aliphatic carboxylic acids is 1. The standard InChI is InChI=1S/C15H24N2O3/c18-13(17-15(14(19)20)7-3-4-8-15)12-9-10-5-1-2-6-11(10)16-12/h10-12,16H,1-9H2,(H,17,18)(H,19,20). The van der Waals surface area contributed by atoms with Gasteiger partial charge in [-0.05, 0) is 38.0 Å². The highest BCUT2D eigenvalue weighted by molar-refractivity contribution is 5.90. The topological polar surface area (TPSA) is 78.4 Å². The summed E-state index contributed by atoms with van der Waals surface area (Å²) < 4.78 is 0.